The van der Waals surface area contributed by atoms with E-state index in [0.29, 0.717) is 12.3 Å². The van der Waals surface area contributed by atoms with Crippen molar-refractivity contribution in [3.8, 4) is 0 Å². The van der Waals surface area contributed by atoms with E-state index < -0.39 is 23.4 Å². The highest BCUT2D eigenvalue weighted by molar-refractivity contribution is 5.32. The van der Waals surface area contributed by atoms with E-state index in [0.717, 1.165) is 38.5 Å². The first kappa shape index (κ1) is 25.2. The van der Waals surface area contributed by atoms with Crippen LogP contribution in [0.4, 0.5) is 0 Å². The summed E-state index contributed by atoms with van der Waals surface area (Å²) in [5, 5.41) is 44.4. The van der Waals surface area contributed by atoms with E-state index in [1.54, 1.807) is 0 Å². The molecule has 0 aromatic carbocycles. The maximum Gasteiger partial charge on any atom is 0.0865 e. The summed E-state index contributed by atoms with van der Waals surface area (Å²) in [5.74, 6) is 0.609. The molecule has 0 aromatic heterocycles. The quantitative estimate of drug-likeness (QED) is 0.448. The summed E-state index contributed by atoms with van der Waals surface area (Å²) in [6.07, 6.45) is 6.67. The fourth-order valence-corrected chi connectivity index (χ4v) is 9.94. The van der Waals surface area contributed by atoms with Gasteiger partial charge in [0.2, 0.25) is 0 Å². The molecule has 1 heterocycles. The number of rotatable bonds is 2. The highest BCUT2D eigenvalue weighted by Gasteiger charge is 2.70. The van der Waals surface area contributed by atoms with Crippen LogP contribution < -0.4 is 0 Å². The van der Waals surface area contributed by atoms with E-state index in [-0.39, 0.29) is 46.2 Å². The standard InChI is InChI=1S/C29H48O5/c1-25(2)21(32)9-8-17-16-10-12-27(5)24(29(7)13-11-22(34-29)26(3,4)33)20(31)15-28(27,6)18(16)14-19(30)23(17)25/h10,17-24,30-33H,8-9,11-15H2,1-7H3/t17?,18?,19-,20-,21-,22-,23?,24-,27+,28-,29+/m0/s1. The monoisotopic (exact) mass is 476 g/mol. The minimum atomic E-state index is -0.897. The molecule has 4 N–H and O–H groups in total. The van der Waals surface area contributed by atoms with E-state index in [1.165, 1.54) is 5.57 Å². The van der Waals surface area contributed by atoms with Crippen LogP contribution in [0.3, 0.4) is 0 Å². The van der Waals surface area contributed by atoms with Crippen LogP contribution in [-0.4, -0.2) is 56.0 Å². The number of hydrogen-bond acceptors (Lipinski definition) is 5. The lowest BCUT2D eigenvalue weighted by atomic mass is 9.44. The second-order valence-corrected chi connectivity index (χ2v) is 14.5. The highest BCUT2D eigenvalue weighted by Crippen LogP contribution is 2.72. The summed E-state index contributed by atoms with van der Waals surface area (Å²) in [4.78, 5) is 0. The van der Waals surface area contributed by atoms with Crippen LogP contribution >= 0.6 is 0 Å². The Labute approximate surface area is 206 Å². The first-order valence-corrected chi connectivity index (χ1v) is 13.7. The first-order chi connectivity index (χ1) is 15.6. The van der Waals surface area contributed by atoms with E-state index >= 15 is 0 Å². The van der Waals surface area contributed by atoms with Crippen molar-refractivity contribution in [1.82, 2.24) is 0 Å². The van der Waals surface area contributed by atoms with Gasteiger partial charge in [0.25, 0.3) is 0 Å². The van der Waals surface area contributed by atoms with Crippen LogP contribution in [0.25, 0.3) is 0 Å². The molecule has 34 heavy (non-hydrogen) atoms. The molecule has 0 aromatic rings. The van der Waals surface area contributed by atoms with E-state index in [4.69, 9.17) is 4.74 Å². The van der Waals surface area contributed by atoms with Gasteiger partial charge in [-0.3, -0.25) is 0 Å². The van der Waals surface area contributed by atoms with E-state index in [9.17, 15) is 20.4 Å². The Hall–Kier alpha value is -0.460. The average Bonchev–Trinajstić information content (AvgIpc) is 3.20. The molecule has 5 aliphatic rings. The molecule has 5 rings (SSSR count). The normalized spacial score (nSPS) is 54.7. The summed E-state index contributed by atoms with van der Waals surface area (Å²) in [7, 11) is 0. The van der Waals surface area contributed by atoms with Gasteiger partial charge < -0.3 is 25.2 Å². The van der Waals surface area contributed by atoms with Gasteiger partial charge in [-0.1, -0.05) is 39.3 Å². The van der Waals surface area contributed by atoms with Crippen LogP contribution in [0, 0.1) is 39.9 Å². The maximum absolute atomic E-state index is 11.6. The fraction of sp³-hybridized carbons (Fsp3) is 0.931. The van der Waals surface area contributed by atoms with Crippen LogP contribution in [0.2, 0.25) is 0 Å². The molecule has 4 fully saturated rings. The van der Waals surface area contributed by atoms with Crippen molar-refractivity contribution in [2.24, 2.45) is 39.9 Å². The summed E-state index contributed by atoms with van der Waals surface area (Å²) in [6, 6.07) is 0. The third-order valence-corrected chi connectivity index (χ3v) is 11.9. The summed E-state index contributed by atoms with van der Waals surface area (Å²) >= 11 is 0. The Balaban J connectivity index is 1.51. The minimum absolute atomic E-state index is 0.0189. The molecule has 1 aliphatic heterocycles. The Morgan fingerprint density at radius 3 is 2.24 bits per heavy atom. The zero-order chi connectivity index (χ0) is 25.1. The van der Waals surface area contributed by atoms with Crippen molar-refractivity contribution in [3.05, 3.63) is 11.6 Å². The molecule has 1 saturated heterocycles. The van der Waals surface area contributed by atoms with Gasteiger partial charge in [-0.25, -0.2) is 0 Å². The molecule has 5 heteroatoms. The van der Waals surface area contributed by atoms with Crippen molar-refractivity contribution < 1.29 is 25.2 Å². The van der Waals surface area contributed by atoms with E-state index in [2.05, 4.69) is 40.7 Å². The fourth-order valence-electron chi connectivity index (χ4n) is 9.94. The number of aliphatic hydroxyl groups excluding tert-OH is 3. The van der Waals surface area contributed by atoms with Crippen molar-refractivity contribution in [2.45, 2.75) is 129 Å². The Morgan fingerprint density at radius 1 is 0.941 bits per heavy atom. The van der Waals surface area contributed by atoms with E-state index in [1.807, 2.05) is 13.8 Å². The minimum Gasteiger partial charge on any atom is -0.393 e. The van der Waals surface area contributed by atoms with Gasteiger partial charge in [-0.15, -0.1) is 0 Å². The number of allylic oxidation sites excluding steroid dienone is 2. The Morgan fingerprint density at radius 2 is 1.62 bits per heavy atom. The predicted molar refractivity (Wildman–Crippen MR) is 132 cm³/mol. The van der Waals surface area contributed by atoms with Gasteiger partial charge in [-0.05, 0) is 99.7 Å². The number of ether oxygens (including phenoxy) is 1. The zero-order valence-electron chi connectivity index (χ0n) is 22.3. The molecule has 4 aliphatic carbocycles. The van der Waals surface area contributed by atoms with Crippen molar-refractivity contribution in [3.63, 3.8) is 0 Å². The second-order valence-electron chi connectivity index (χ2n) is 14.5. The molecule has 0 bridgehead atoms. The lowest BCUT2D eigenvalue weighted by Gasteiger charge is -2.61. The molecule has 194 valence electrons. The third kappa shape index (κ3) is 3.22. The largest absolute Gasteiger partial charge is 0.393 e. The molecule has 3 unspecified atom stereocenters. The molecular formula is C29H48O5. The van der Waals surface area contributed by atoms with Crippen molar-refractivity contribution >= 4 is 0 Å². The smallest absolute Gasteiger partial charge is 0.0865 e. The Kier molecular flexibility index (Phi) is 5.59. The molecule has 3 saturated carbocycles. The molecule has 5 nitrogen and oxygen atoms in total. The topological polar surface area (TPSA) is 90.2 Å². The SMILES string of the molecule is CC(C)(O)[C@@H]1CC[C@](C)([C@H]2[C@@H](O)C[C@@]3(C)C4C[C@H](O)C5C(CC[C@H](O)C5(C)C)C4=CC[C@]23C)O1. The Bertz CT molecular complexity index is 859. The van der Waals surface area contributed by atoms with Crippen LogP contribution in [0.5, 0.6) is 0 Å². The zero-order valence-corrected chi connectivity index (χ0v) is 22.3. The van der Waals surface area contributed by atoms with Gasteiger partial charge in [0.1, 0.15) is 0 Å². The third-order valence-electron chi connectivity index (χ3n) is 11.9. The predicted octanol–water partition coefficient (Wildman–Crippen LogP) is 4.21. The van der Waals surface area contributed by atoms with Gasteiger partial charge in [0, 0.05) is 5.92 Å². The van der Waals surface area contributed by atoms with Gasteiger partial charge in [0.05, 0.1) is 35.6 Å². The number of fused-ring (bicyclic) bond motifs is 5. The number of aliphatic hydroxyl groups is 4. The van der Waals surface area contributed by atoms with Crippen molar-refractivity contribution in [2.75, 3.05) is 0 Å². The van der Waals surface area contributed by atoms with Crippen molar-refractivity contribution in [1.29, 1.82) is 0 Å². The molecule has 0 spiro atoms. The van der Waals surface area contributed by atoms with Gasteiger partial charge in [-0.2, -0.15) is 0 Å². The van der Waals surface area contributed by atoms with Crippen LogP contribution in [0.15, 0.2) is 11.6 Å². The van der Waals surface area contributed by atoms with Gasteiger partial charge in [0.15, 0.2) is 0 Å². The lowest BCUT2D eigenvalue weighted by molar-refractivity contribution is -0.176. The summed E-state index contributed by atoms with van der Waals surface area (Å²) in [5.41, 5.74) is -0.479. The summed E-state index contributed by atoms with van der Waals surface area (Å²) in [6.45, 7) is 14.7. The van der Waals surface area contributed by atoms with Crippen LogP contribution in [-0.2, 0) is 4.74 Å². The maximum atomic E-state index is 11.6. The molecule has 0 amide bonds. The molecule has 0 radical (unpaired) electrons. The van der Waals surface area contributed by atoms with Gasteiger partial charge >= 0.3 is 0 Å². The second kappa shape index (κ2) is 7.54. The lowest BCUT2D eigenvalue weighted by Crippen LogP contribution is -2.59. The van der Waals surface area contributed by atoms with Crippen LogP contribution in [0.1, 0.15) is 93.4 Å². The first-order valence-electron chi connectivity index (χ1n) is 13.7. The summed E-state index contributed by atoms with van der Waals surface area (Å²) < 4.78 is 6.60. The molecular weight excluding hydrogens is 428 g/mol. The average molecular weight is 477 g/mol. The number of hydrogen-bond donors (Lipinski definition) is 4. The molecule has 11 atom stereocenters. The highest BCUT2D eigenvalue weighted by atomic mass is 16.5.